The van der Waals surface area contributed by atoms with E-state index in [1.165, 1.54) is 0 Å². The molecule has 0 aromatic heterocycles. The Balaban J connectivity index is 2.22. The van der Waals surface area contributed by atoms with Gasteiger partial charge >= 0.3 is 12.1 Å². The molecule has 1 aromatic carbocycles. The van der Waals surface area contributed by atoms with Crippen LogP contribution in [-0.4, -0.2) is 18.7 Å². The highest BCUT2D eigenvalue weighted by Gasteiger charge is 2.14. The van der Waals surface area contributed by atoms with E-state index in [1.54, 1.807) is 24.3 Å². The number of aryl methyl sites for hydroxylation is 1. The molecule has 0 heterocycles. The molecule has 1 unspecified atom stereocenters. The molecule has 0 radical (unpaired) electrons. The summed E-state index contributed by atoms with van der Waals surface area (Å²) in [6.07, 6.45) is 3.05. The predicted molar refractivity (Wildman–Crippen MR) is 83.4 cm³/mol. The monoisotopic (exact) mass is 324 g/mol. The van der Waals surface area contributed by atoms with Gasteiger partial charge in [-0.05, 0) is 31.4 Å². The van der Waals surface area contributed by atoms with Crippen LogP contribution in [0.25, 0.3) is 0 Å². The molecule has 0 aliphatic carbocycles. The van der Waals surface area contributed by atoms with E-state index in [-0.39, 0.29) is 18.1 Å². The summed E-state index contributed by atoms with van der Waals surface area (Å²) >= 11 is 0. The van der Waals surface area contributed by atoms with Crippen LogP contribution in [0.1, 0.15) is 55.5 Å². The SMILES string of the molecule is CCCCC(CC)COC(=O)OOOC(=O)c1ccc(C)cc1. The molecule has 0 bridgehead atoms. The van der Waals surface area contributed by atoms with Gasteiger partial charge in [-0.1, -0.05) is 50.8 Å². The maximum atomic E-state index is 11.6. The molecular weight excluding hydrogens is 300 g/mol. The van der Waals surface area contributed by atoms with E-state index < -0.39 is 12.1 Å². The van der Waals surface area contributed by atoms with Gasteiger partial charge in [-0.2, -0.15) is 0 Å². The van der Waals surface area contributed by atoms with Crippen LogP contribution in [0, 0.1) is 12.8 Å². The standard InChI is InChI=1S/C17H24O6/c1-4-6-7-14(5-2)12-20-17(19)22-23-21-16(18)15-10-8-13(3)9-11-15/h8-11,14H,4-7,12H2,1-3H3. The Morgan fingerprint density at radius 2 is 1.78 bits per heavy atom. The zero-order chi connectivity index (χ0) is 17.1. The second kappa shape index (κ2) is 10.6. The number of benzene rings is 1. The average Bonchev–Trinajstić information content (AvgIpc) is 2.55. The number of carbonyl (C=O) groups is 2. The Bertz CT molecular complexity index is 482. The van der Waals surface area contributed by atoms with Crippen LogP contribution < -0.4 is 0 Å². The summed E-state index contributed by atoms with van der Waals surface area (Å²) in [5.41, 5.74) is 1.30. The topological polar surface area (TPSA) is 71.1 Å². The molecule has 6 nitrogen and oxygen atoms in total. The molecule has 1 aromatic rings. The highest BCUT2D eigenvalue weighted by atomic mass is 17.5. The van der Waals surface area contributed by atoms with Crippen LogP contribution in [0.2, 0.25) is 0 Å². The van der Waals surface area contributed by atoms with Gasteiger partial charge in [0.1, 0.15) is 0 Å². The molecule has 0 spiro atoms. The zero-order valence-electron chi connectivity index (χ0n) is 13.9. The van der Waals surface area contributed by atoms with Crippen molar-refractivity contribution >= 4 is 12.1 Å². The number of unbranched alkanes of at least 4 members (excludes halogenated alkanes) is 1. The van der Waals surface area contributed by atoms with Gasteiger partial charge in [0.25, 0.3) is 0 Å². The Hall–Kier alpha value is -2.08. The second-order valence-corrected chi connectivity index (χ2v) is 5.37. The summed E-state index contributed by atoms with van der Waals surface area (Å²) in [6.45, 7) is 6.30. The minimum atomic E-state index is -1.03. The van der Waals surface area contributed by atoms with E-state index in [0.29, 0.717) is 0 Å². The first-order chi connectivity index (χ1) is 11.1. The Morgan fingerprint density at radius 1 is 1.09 bits per heavy atom. The molecule has 6 heteroatoms. The molecule has 0 saturated heterocycles. The molecule has 23 heavy (non-hydrogen) atoms. The molecule has 128 valence electrons. The largest absolute Gasteiger partial charge is 0.543 e. The minimum absolute atomic E-state index is 0.255. The van der Waals surface area contributed by atoms with Gasteiger partial charge in [-0.3, -0.25) is 4.89 Å². The number of hydrogen-bond acceptors (Lipinski definition) is 6. The Kier molecular flexibility index (Phi) is 8.75. The first-order valence-corrected chi connectivity index (χ1v) is 7.85. The molecule has 0 aliphatic heterocycles. The maximum absolute atomic E-state index is 11.6. The second-order valence-electron chi connectivity index (χ2n) is 5.37. The van der Waals surface area contributed by atoms with Crippen molar-refractivity contribution in [2.45, 2.75) is 46.5 Å². The maximum Gasteiger partial charge on any atom is 0.543 e. The molecule has 0 aliphatic rings. The van der Waals surface area contributed by atoms with E-state index in [2.05, 4.69) is 21.7 Å². The van der Waals surface area contributed by atoms with E-state index >= 15 is 0 Å². The van der Waals surface area contributed by atoms with Gasteiger partial charge in [0.2, 0.25) is 0 Å². The molecule has 0 fully saturated rings. The third-order valence-corrected chi connectivity index (χ3v) is 3.48. The normalized spacial score (nSPS) is 11.6. The zero-order valence-corrected chi connectivity index (χ0v) is 13.9. The summed E-state index contributed by atoms with van der Waals surface area (Å²) < 4.78 is 4.92. The van der Waals surface area contributed by atoms with Gasteiger partial charge in [0, 0.05) is 0 Å². The van der Waals surface area contributed by atoms with Crippen molar-refractivity contribution in [1.82, 2.24) is 0 Å². The Morgan fingerprint density at radius 3 is 2.39 bits per heavy atom. The van der Waals surface area contributed by atoms with Gasteiger partial charge < -0.3 is 4.74 Å². The fourth-order valence-electron chi connectivity index (χ4n) is 1.92. The van der Waals surface area contributed by atoms with Crippen molar-refractivity contribution in [3.63, 3.8) is 0 Å². The number of ether oxygens (including phenoxy) is 1. The van der Waals surface area contributed by atoms with Crippen molar-refractivity contribution in [2.75, 3.05) is 6.61 Å². The molecule has 1 atom stereocenters. The smallest absolute Gasteiger partial charge is 0.432 e. The molecular formula is C17H24O6. The average molecular weight is 324 g/mol. The van der Waals surface area contributed by atoms with Crippen molar-refractivity contribution < 1.29 is 29.1 Å². The first-order valence-electron chi connectivity index (χ1n) is 7.85. The first kappa shape index (κ1) is 19.0. The van der Waals surface area contributed by atoms with Gasteiger partial charge in [0.15, 0.2) is 0 Å². The van der Waals surface area contributed by atoms with Crippen LogP contribution in [0.3, 0.4) is 0 Å². The lowest BCUT2D eigenvalue weighted by atomic mass is 10.0. The summed E-state index contributed by atoms with van der Waals surface area (Å²) in [7, 11) is 0. The lowest BCUT2D eigenvalue weighted by Crippen LogP contribution is -2.16. The summed E-state index contributed by atoms with van der Waals surface area (Å²) in [5.74, 6) is -0.468. The fourth-order valence-corrected chi connectivity index (χ4v) is 1.92. The number of rotatable bonds is 9. The Labute approximate surface area is 136 Å². The van der Waals surface area contributed by atoms with Crippen molar-refractivity contribution in [1.29, 1.82) is 0 Å². The molecule has 1 rings (SSSR count). The van der Waals surface area contributed by atoms with Gasteiger partial charge in [0.05, 0.1) is 17.2 Å². The third-order valence-electron chi connectivity index (χ3n) is 3.48. The van der Waals surface area contributed by atoms with E-state index in [1.807, 2.05) is 13.8 Å². The van der Waals surface area contributed by atoms with E-state index in [9.17, 15) is 9.59 Å². The van der Waals surface area contributed by atoms with Gasteiger partial charge in [-0.25, -0.2) is 14.5 Å². The quantitative estimate of drug-likeness (QED) is 0.381. The lowest BCUT2D eigenvalue weighted by Gasteiger charge is -2.13. The predicted octanol–water partition coefficient (Wildman–Crippen LogP) is 4.37. The van der Waals surface area contributed by atoms with Crippen molar-refractivity contribution in [3.05, 3.63) is 35.4 Å². The van der Waals surface area contributed by atoms with Crippen LogP contribution in [-0.2, 0) is 19.6 Å². The van der Waals surface area contributed by atoms with Crippen LogP contribution >= 0.6 is 0 Å². The third kappa shape index (κ3) is 7.65. The summed E-state index contributed by atoms with van der Waals surface area (Å²) in [6, 6.07) is 6.68. The number of carbonyl (C=O) groups excluding carboxylic acids is 2. The summed E-state index contributed by atoms with van der Waals surface area (Å²) in [5, 5.41) is 4.16. The highest BCUT2D eigenvalue weighted by Crippen LogP contribution is 2.13. The lowest BCUT2D eigenvalue weighted by molar-refractivity contribution is -0.452. The number of hydrogen-bond donors (Lipinski definition) is 0. The van der Waals surface area contributed by atoms with Crippen LogP contribution in [0.4, 0.5) is 4.79 Å². The summed E-state index contributed by atoms with van der Waals surface area (Å²) in [4.78, 5) is 31.6. The fraction of sp³-hybridized carbons (Fsp3) is 0.529. The van der Waals surface area contributed by atoms with Gasteiger partial charge in [-0.15, -0.1) is 0 Å². The molecule has 0 N–H and O–H groups in total. The molecule has 0 saturated carbocycles. The molecule has 0 amide bonds. The highest BCUT2D eigenvalue weighted by molar-refractivity contribution is 5.88. The van der Waals surface area contributed by atoms with E-state index in [0.717, 1.165) is 31.2 Å². The minimum Gasteiger partial charge on any atom is -0.432 e. The van der Waals surface area contributed by atoms with Crippen molar-refractivity contribution in [2.24, 2.45) is 5.92 Å². The van der Waals surface area contributed by atoms with Crippen molar-refractivity contribution in [3.8, 4) is 0 Å². The van der Waals surface area contributed by atoms with E-state index in [4.69, 9.17) is 4.74 Å². The van der Waals surface area contributed by atoms with Crippen LogP contribution in [0.15, 0.2) is 24.3 Å². The van der Waals surface area contributed by atoms with Crippen LogP contribution in [0.5, 0.6) is 0 Å².